The highest BCUT2D eigenvalue weighted by atomic mass is 35.5. The number of ketones is 1. The number of hydrogen-bond donors (Lipinski definition) is 7. The lowest BCUT2D eigenvalue weighted by atomic mass is 9.89. The van der Waals surface area contributed by atoms with Crippen molar-refractivity contribution in [3.63, 3.8) is 0 Å². The van der Waals surface area contributed by atoms with E-state index in [2.05, 4.69) is 10.7 Å². The molecule has 1 saturated heterocycles. The Labute approximate surface area is 235 Å². The number of nitrogens with two attached hydrogens (primary N) is 2. The van der Waals surface area contributed by atoms with Crippen molar-refractivity contribution in [3.8, 4) is 0 Å². The molecule has 1 fully saturated rings. The zero-order valence-corrected chi connectivity index (χ0v) is 22.2. The van der Waals surface area contributed by atoms with Crippen molar-refractivity contribution in [2.45, 2.75) is 12.5 Å². The van der Waals surface area contributed by atoms with Crippen LogP contribution in [0.4, 0.5) is 0 Å². The third kappa shape index (κ3) is 6.59. The number of carboxylic acids is 1. The summed E-state index contributed by atoms with van der Waals surface area (Å²) in [5.74, 6) is -4.64. The molecule has 0 radical (unpaired) electrons. The minimum absolute atomic E-state index is 0. The van der Waals surface area contributed by atoms with Crippen molar-refractivity contribution in [1.29, 1.82) is 10.8 Å². The predicted octanol–water partition coefficient (Wildman–Crippen LogP) is -0.692. The van der Waals surface area contributed by atoms with Gasteiger partial charge in [0.25, 0.3) is 17.7 Å². The van der Waals surface area contributed by atoms with Gasteiger partial charge in [-0.15, -0.1) is 12.4 Å². The predicted molar refractivity (Wildman–Crippen MR) is 146 cm³/mol. The van der Waals surface area contributed by atoms with Crippen molar-refractivity contribution >= 4 is 53.6 Å². The highest BCUT2D eigenvalue weighted by Gasteiger charge is 2.54. The fourth-order valence-corrected chi connectivity index (χ4v) is 4.09. The zero-order valence-electron chi connectivity index (χ0n) is 21.4. The van der Waals surface area contributed by atoms with Crippen LogP contribution in [0.1, 0.15) is 38.8 Å². The Morgan fingerprint density at radius 1 is 0.875 bits per heavy atom. The monoisotopic (exact) mass is 572 g/mol. The third-order valence-corrected chi connectivity index (χ3v) is 6.26. The van der Waals surface area contributed by atoms with E-state index in [4.69, 9.17) is 22.3 Å². The van der Waals surface area contributed by atoms with Gasteiger partial charge in [0.05, 0.1) is 6.54 Å². The number of amidine groups is 2. The first-order chi connectivity index (χ1) is 18.4. The molecule has 0 aromatic heterocycles. The van der Waals surface area contributed by atoms with E-state index >= 15 is 0 Å². The van der Waals surface area contributed by atoms with E-state index in [-0.39, 0.29) is 48.3 Å². The fourth-order valence-electron chi connectivity index (χ4n) is 4.09. The Morgan fingerprint density at radius 3 is 1.75 bits per heavy atom. The van der Waals surface area contributed by atoms with E-state index in [1.165, 1.54) is 48.5 Å². The number of piperazine rings is 1. The van der Waals surface area contributed by atoms with E-state index in [0.717, 1.165) is 16.8 Å². The number of carboxylic acid groups (broad SMARTS) is 1. The molecule has 1 atom stereocenters. The first kappa shape index (κ1) is 31.4. The molecule has 2 aromatic carbocycles. The molecule has 1 aliphatic heterocycles. The van der Waals surface area contributed by atoms with Crippen LogP contribution in [0.15, 0.2) is 48.5 Å². The Balaban J connectivity index is 0.00000560. The van der Waals surface area contributed by atoms with Gasteiger partial charge in [-0.2, -0.15) is 5.01 Å². The number of nitrogens with one attached hydrogen (secondary N) is 4. The molecule has 212 valence electrons. The van der Waals surface area contributed by atoms with E-state index in [9.17, 15) is 29.1 Å². The number of carbonyl (C=O) groups excluding carboxylic acids is 4. The lowest BCUT2D eigenvalue weighted by molar-refractivity contribution is -0.164. The Bertz CT molecular complexity index is 1350. The minimum Gasteiger partial charge on any atom is -0.480 e. The Morgan fingerprint density at radius 2 is 1.32 bits per heavy atom. The van der Waals surface area contributed by atoms with Crippen molar-refractivity contribution in [1.82, 2.24) is 20.7 Å². The normalized spacial score (nSPS) is 16.8. The second-order valence-corrected chi connectivity index (χ2v) is 8.79. The average Bonchev–Trinajstić information content (AvgIpc) is 2.89. The van der Waals surface area contributed by atoms with Crippen LogP contribution < -0.4 is 22.2 Å². The van der Waals surface area contributed by atoms with E-state index in [1.54, 1.807) is 0 Å². The first-order valence-electron chi connectivity index (χ1n) is 11.6. The molecule has 3 rings (SSSR count). The molecule has 15 heteroatoms. The summed E-state index contributed by atoms with van der Waals surface area (Å²) in [6.07, 6.45) is 0. The molecule has 0 saturated carbocycles. The van der Waals surface area contributed by atoms with Crippen molar-refractivity contribution in [3.05, 3.63) is 70.8 Å². The molecular formula is C25H29ClN8O6. The van der Waals surface area contributed by atoms with Crippen molar-refractivity contribution < 1.29 is 29.1 Å². The number of carbonyl (C=O) groups is 5. The second-order valence-electron chi connectivity index (χ2n) is 8.79. The van der Waals surface area contributed by atoms with Crippen molar-refractivity contribution in [2.75, 3.05) is 26.2 Å². The molecule has 14 nitrogen and oxygen atoms in total. The van der Waals surface area contributed by atoms with Crippen LogP contribution in [-0.2, 0) is 14.4 Å². The average molecular weight is 573 g/mol. The zero-order chi connectivity index (χ0) is 28.9. The highest BCUT2D eigenvalue weighted by molar-refractivity contribution is 6.12. The second kappa shape index (κ2) is 12.8. The SMILES string of the molecule is CC(=O)[C@@]1(CNC(=O)c2ccc(C(=N)N)cc2)C(=O)N(CC(=O)O)CCN1NC(=O)c1ccc(C(=N)N)cc1.Cl. The number of Topliss-reactive ketones (excluding diaryl/α,β-unsaturated/α-hetero) is 1. The minimum atomic E-state index is -2.14. The van der Waals surface area contributed by atoms with Gasteiger partial charge in [-0.25, -0.2) is 0 Å². The van der Waals surface area contributed by atoms with Gasteiger partial charge in [-0.3, -0.25) is 40.2 Å². The molecule has 0 aliphatic carbocycles. The molecule has 0 bridgehead atoms. The highest BCUT2D eigenvalue weighted by Crippen LogP contribution is 2.24. The van der Waals surface area contributed by atoms with E-state index in [1.807, 2.05) is 0 Å². The number of rotatable bonds is 10. The molecule has 1 heterocycles. The maximum Gasteiger partial charge on any atom is 0.323 e. The summed E-state index contributed by atoms with van der Waals surface area (Å²) in [7, 11) is 0. The van der Waals surface area contributed by atoms with Gasteiger partial charge in [0, 0.05) is 35.3 Å². The summed E-state index contributed by atoms with van der Waals surface area (Å²) < 4.78 is 0. The number of hydrogen-bond acceptors (Lipinski definition) is 8. The lowest BCUT2D eigenvalue weighted by Gasteiger charge is -2.47. The molecule has 3 amide bonds. The van der Waals surface area contributed by atoms with Crippen molar-refractivity contribution in [2.24, 2.45) is 11.5 Å². The third-order valence-electron chi connectivity index (χ3n) is 6.26. The van der Waals surface area contributed by atoms with Crippen LogP contribution in [0.2, 0.25) is 0 Å². The quantitative estimate of drug-likeness (QED) is 0.108. The lowest BCUT2D eigenvalue weighted by Crippen LogP contribution is -2.76. The molecule has 2 aromatic rings. The van der Waals surface area contributed by atoms with Gasteiger partial charge in [0.1, 0.15) is 18.2 Å². The molecule has 9 N–H and O–H groups in total. The fraction of sp³-hybridized carbons (Fsp3) is 0.240. The molecule has 0 spiro atoms. The van der Waals surface area contributed by atoms with E-state index in [0.29, 0.717) is 11.1 Å². The van der Waals surface area contributed by atoms with Gasteiger partial charge in [0.2, 0.25) is 0 Å². The summed E-state index contributed by atoms with van der Waals surface area (Å²) in [6, 6.07) is 11.5. The van der Waals surface area contributed by atoms with Crippen LogP contribution in [0, 0.1) is 10.8 Å². The number of nitrogens with zero attached hydrogens (tertiary/aromatic N) is 2. The maximum absolute atomic E-state index is 13.6. The van der Waals surface area contributed by atoms with Crippen LogP contribution in [0.3, 0.4) is 0 Å². The molecule has 40 heavy (non-hydrogen) atoms. The van der Waals surface area contributed by atoms with Gasteiger partial charge in [-0.1, -0.05) is 24.3 Å². The van der Waals surface area contributed by atoms with Crippen LogP contribution in [0.25, 0.3) is 0 Å². The topological polar surface area (TPSA) is 236 Å². The Kier molecular flexibility index (Phi) is 10.1. The van der Waals surface area contributed by atoms with Gasteiger partial charge < -0.3 is 26.8 Å². The van der Waals surface area contributed by atoms with E-state index < -0.39 is 48.1 Å². The number of benzene rings is 2. The number of halogens is 1. The number of amides is 3. The number of aliphatic carboxylic acids is 1. The molecule has 0 unspecified atom stereocenters. The molecule has 1 aliphatic rings. The summed E-state index contributed by atoms with van der Waals surface area (Å²) >= 11 is 0. The van der Waals surface area contributed by atoms with Gasteiger partial charge in [0.15, 0.2) is 11.3 Å². The van der Waals surface area contributed by atoms with Gasteiger partial charge >= 0.3 is 5.97 Å². The summed E-state index contributed by atoms with van der Waals surface area (Å²) in [6.45, 7) is -0.364. The summed E-state index contributed by atoms with van der Waals surface area (Å²) in [4.78, 5) is 64.9. The first-order valence-corrected chi connectivity index (χ1v) is 11.6. The number of hydrazine groups is 1. The largest absolute Gasteiger partial charge is 0.480 e. The number of nitrogen functional groups attached to an aromatic ring is 2. The van der Waals surface area contributed by atoms with Crippen LogP contribution >= 0.6 is 12.4 Å². The molecular weight excluding hydrogens is 544 g/mol. The van der Waals surface area contributed by atoms with Gasteiger partial charge in [-0.05, 0) is 31.2 Å². The maximum atomic E-state index is 13.6. The smallest absolute Gasteiger partial charge is 0.323 e. The summed E-state index contributed by atoms with van der Waals surface area (Å²) in [5.41, 5.74) is 12.4. The summed E-state index contributed by atoms with van der Waals surface area (Å²) in [5, 5.41) is 27.8. The van der Waals surface area contributed by atoms with Crippen LogP contribution in [0.5, 0.6) is 0 Å². The standard InChI is InChI=1S/C25H28N8O6.ClH/c1-14(34)25(13-30-22(37)17-6-2-15(3-7-17)20(26)27)24(39)32(12-19(35)36)10-11-33(25)31-23(38)18-8-4-16(5-9-18)21(28)29;/h2-9H,10-13H2,1H3,(H3,26,27)(H3,28,29)(H,30,37)(H,31,38)(H,35,36);1H/t25-;/m0./s1. The Hall–Kier alpha value is -4.82. The van der Waals surface area contributed by atoms with Crippen LogP contribution in [-0.4, -0.2) is 87.9 Å².